The van der Waals surface area contributed by atoms with E-state index in [9.17, 15) is 4.79 Å². The number of ether oxygens (including phenoxy) is 2. The fraction of sp³-hybridized carbons (Fsp3) is 0.571. The Balaban J connectivity index is 1.75. The number of nitrogens with zero attached hydrogens (tertiary/aromatic N) is 1. The molecular formula is C14H18N2O3. The van der Waals surface area contributed by atoms with Gasteiger partial charge >= 0.3 is 5.97 Å². The summed E-state index contributed by atoms with van der Waals surface area (Å²) in [6.45, 7) is 2.16. The number of carbonyl (C=O) groups excluding carboxylic acids is 1. The van der Waals surface area contributed by atoms with E-state index in [0.29, 0.717) is 24.1 Å². The second kappa shape index (κ2) is 5.17. The molecule has 0 aromatic carbocycles. The van der Waals surface area contributed by atoms with Crippen molar-refractivity contribution in [3.8, 4) is 0 Å². The van der Waals surface area contributed by atoms with Crippen LogP contribution in [-0.4, -0.2) is 35.8 Å². The molecule has 1 aromatic rings. The first-order valence-electron chi connectivity index (χ1n) is 6.82. The van der Waals surface area contributed by atoms with Gasteiger partial charge in [-0.05, 0) is 38.3 Å². The predicted molar refractivity (Wildman–Crippen MR) is 70.1 cm³/mol. The number of esters is 1. The first kappa shape index (κ1) is 12.4. The normalized spacial score (nSPS) is 28.4. The number of carbonyl (C=O) groups is 1. The van der Waals surface area contributed by atoms with E-state index in [1.54, 1.807) is 25.3 Å². The van der Waals surface area contributed by atoms with E-state index in [1.165, 1.54) is 0 Å². The van der Waals surface area contributed by atoms with E-state index >= 15 is 0 Å². The van der Waals surface area contributed by atoms with Crippen LogP contribution < -0.4 is 5.32 Å². The van der Waals surface area contributed by atoms with Crippen LogP contribution in [0.1, 0.15) is 36.5 Å². The lowest BCUT2D eigenvalue weighted by Gasteiger charge is -2.21. The van der Waals surface area contributed by atoms with Crippen molar-refractivity contribution < 1.29 is 14.3 Å². The number of hydrogen-bond donors (Lipinski definition) is 1. The highest BCUT2D eigenvalue weighted by Gasteiger charge is 2.41. The molecule has 2 saturated heterocycles. The highest BCUT2D eigenvalue weighted by atomic mass is 16.5. The summed E-state index contributed by atoms with van der Waals surface area (Å²) in [4.78, 5) is 16.1. The molecule has 0 spiro atoms. The van der Waals surface area contributed by atoms with Gasteiger partial charge in [-0.25, -0.2) is 9.78 Å². The number of rotatable bonds is 4. The highest BCUT2D eigenvalue weighted by Crippen LogP contribution is 2.36. The molecule has 3 atom stereocenters. The number of pyridine rings is 1. The van der Waals surface area contributed by atoms with Crippen LogP contribution in [0.25, 0.3) is 0 Å². The van der Waals surface area contributed by atoms with Crippen LogP contribution >= 0.6 is 0 Å². The summed E-state index contributed by atoms with van der Waals surface area (Å²) < 4.78 is 10.8. The molecule has 1 N–H and O–H groups in total. The second-order valence-corrected chi connectivity index (χ2v) is 4.98. The molecule has 2 bridgehead atoms. The summed E-state index contributed by atoms with van der Waals surface area (Å²) in [5, 5.41) is 3.34. The molecule has 5 heteroatoms. The van der Waals surface area contributed by atoms with Crippen LogP contribution in [0.3, 0.4) is 0 Å². The molecule has 3 unspecified atom stereocenters. The Labute approximate surface area is 112 Å². The highest BCUT2D eigenvalue weighted by molar-refractivity contribution is 5.94. The van der Waals surface area contributed by atoms with Gasteiger partial charge in [0.05, 0.1) is 24.9 Å². The molecule has 3 rings (SSSR count). The summed E-state index contributed by atoms with van der Waals surface area (Å²) in [6.07, 6.45) is 5.53. The predicted octanol–water partition coefficient (Wildman–Crippen LogP) is 1.99. The van der Waals surface area contributed by atoms with Crippen molar-refractivity contribution in [3.63, 3.8) is 0 Å². The number of aromatic nitrogens is 1. The Bertz CT molecular complexity index is 478. The monoisotopic (exact) mass is 262 g/mol. The van der Waals surface area contributed by atoms with Crippen molar-refractivity contribution in [2.24, 2.45) is 0 Å². The summed E-state index contributed by atoms with van der Waals surface area (Å²) in [5.41, 5.74) is 0.493. The lowest BCUT2D eigenvalue weighted by molar-refractivity contribution is 0.0527. The minimum atomic E-state index is -0.331. The number of hydrogen-bond acceptors (Lipinski definition) is 5. The van der Waals surface area contributed by atoms with Gasteiger partial charge in [-0.2, -0.15) is 0 Å². The van der Waals surface area contributed by atoms with Gasteiger partial charge in [0.2, 0.25) is 0 Å². The van der Waals surface area contributed by atoms with Gasteiger partial charge in [0.25, 0.3) is 0 Å². The van der Waals surface area contributed by atoms with E-state index in [2.05, 4.69) is 10.3 Å². The molecule has 0 amide bonds. The number of anilines is 1. The average Bonchev–Trinajstić information content (AvgIpc) is 3.02. The average molecular weight is 262 g/mol. The third-order valence-corrected chi connectivity index (χ3v) is 3.73. The first-order valence-corrected chi connectivity index (χ1v) is 6.82. The van der Waals surface area contributed by atoms with Crippen LogP contribution in [0, 0.1) is 0 Å². The first-order chi connectivity index (χ1) is 9.28. The zero-order valence-electron chi connectivity index (χ0n) is 11.0. The lowest BCUT2D eigenvalue weighted by atomic mass is 9.95. The zero-order chi connectivity index (χ0) is 13.2. The minimum absolute atomic E-state index is 0.252. The SMILES string of the molecule is CCOC(=O)c1cccnc1NC1CC2CCC1O2. The lowest BCUT2D eigenvalue weighted by Crippen LogP contribution is -2.31. The third kappa shape index (κ3) is 2.42. The Morgan fingerprint density at radius 3 is 3.16 bits per heavy atom. The molecule has 5 nitrogen and oxygen atoms in total. The van der Waals surface area contributed by atoms with Crippen LogP contribution in [0.2, 0.25) is 0 Å². The standard InChI is InChI=1S/C14H18N2O3/c1-2-18-14(17)10-4-3-7-15-13(10)16-11-8-9-5-6-12(11)19-9/h3-4,7,9,11-12H,2,5-6,8H2,1H3,(H,15,16). The molecular weight excluding hydrogens is 244 g/mol. The Hall–Kier alpha value is -1.62. The molecule has 102 valence electrons. The minimum Gasteiger partial charge on any atom is -0.462 e. The van der Waals surface area contributed by atoms with E-state index in [0.717, 1.165) is 19.3 Å². The van der Waals surface area contributed by atoms with Gasteiger partial charge in [-0.15, -0.1) is 0 Å². The van der Waals surface area contributed by atoms with Crippen LogP contribution in [-0.2, 0) is 9.47 Å². The Morgan fingerprint density at radius 2 is 2.47 bits per heavy atom. The fourth-order valence-corrected chi connectivity index (χ4v) is 2.86. The van der Waals surface area contributed by atoms with Gasteiger partial charge in [0.1, 0.15) is 11.4 Å². The maximum absolute atomic E-state index is 11.9. The maximum Gasteiger partial charge on any atom is 0.341 e. The molecule has 1 aromatic heterocycles. The van der Waals surface area contributed by atoms with E-state index in [-0.39, 0.29) is 18.1 Å². The molecule has 19 heavy (non-hydrogen) atoms. The van der Waals surface area contributed by atoms with Gasteiger partial charge in [0, 0.05) is 6.20 Å². The number of nitrogens with one attached hydrogen (secondary N) is 1. The second-order valence-electron chi connectivity index (χ2n) is 4.98. The van der Waals surface area contributed by atoms with Crippen LogP contribution in [0.4, 0.5) is 5.82 Å². The largest absolute Gasteiger partial charge is 0.462 e. The van der Waals surface area contributed by atoms with Gasteiger partial charge < -0.3 is 14.8 Å². The Morgan fingerprint density at radius 1 is 1.58 bits per heavy atom. The summed E-state index contributed by atoms with van der Waals surface area (Å²) in [6, 6.07) is 3.73. The van der Waals surface area contributed by atoms with E-state index in [4.69, 9.17) is 9.47 Å². The van der Waals surface area contributed by atoms with Crippen molar-refractivity contribution in [2.45, 2.75) is 44.4 Å². The van der Waals surface area contributed by atoms with Crippen LogP contribution in [0.5, 0.6) is 0 Å². The van der Waals surface area contributed by atoms with Gasteiger partial charge in [-0.3, -0.25) is 0 Å². The van der Waals surface area contributed by atoms with Crippen molar-refractivity contribution in [3.05, 3.63) is 23.9 Å². The molecule has 0 radical (unpaired) electrons. The molecule has 0 aliphatic carbocycles. The smallest absolute Gasteiger partial charge is 0.341 e. The van der Waals surface area contributed by atoms with Gasteiger partial charge in [0.15, 0.2) is 0 Å². The van der Waals surface area contributed by atoms with E-state index in [1.807, 2.05) is 0 Å². The molecule has 3 heterocycles. The van der Waals surface area contributed by atoms with E-state index < -0.39 is 0 Å². The van der Waals surface area contributed by atoms with Crippen LogP contribution in [0.15, 0.2) is 18.3 Å². The molecule has 2 aliphatic rings. The quantitative estimate of drug-likeness (QED) is 0.841. The van der Waals surface area contributed by atoms with Crippen molar-refractivity contribution in [1.82, 2.24) is 4.98 Å². The Kier molecular flexibility index (Phi) is 3.38. The van der Waals surface area contributed by atoms with Crippen molar-refractivity contribution >= 4 is 11.8 Å². The third-order valence-electron chi connectivity index (χ3n) is 3.73. The fourth-order valence-electron chi connectivity index (χ4n) is 2.86. The van der Waals surface area contributed by atoms with Crippen molar-refractivity contribution in [2.75, 3.05) is 11.9 Å². The summed E-state index contributed by atoms with van der Waals surface area (Å²) in [5.74, 6) is 0.268. The summed E-state index contributed by atoms with van der Waals surface area (Å²) >= 11 is 0. The topological polar surface area (TPSA) is 60.5 Å². The number of fused-ring (bicyclic) bond motifs is 2. The molecule has 0 saturated carbocycles. The zero-order valence-corrected chi connectivity index (χ0v) is 11.0. The molecule has 2 fully saturated rings. The van der Waals surface area contributed by atoms with Gasteiger partial charge in [-0.1, -0.05) is 0 Å². The summed E-state index contributed by atoms with van der Waals surface area (Å²) in [7, 11) is 0. The van der Waals surface area contributed by atoms with Crippen molar-refractivity contribution in [1.29, 1.82) is 0 Å². The maximum atomic E-state index is 11.9. The molecule has 2 aliphatic heterocycles.